The number of amides is 1. The highest BCUT2D eigenvalue weighted by molar-refractivity contribution is 7.80. The van der Waals surface area contributed by atoms with Gasteiger partial charge in [0.05, 0.1) is 22.8 Å². The van der Waals surface area contributed by atoms with E-state index in [4.69, 9.17) is 23.8 Å². The van der Waals surface area contributed by atoms with Gasteiger partial charge in [-0.1, -0.05) is 35.4 Å². The van der Waals surface area contributed by atoms with Crippen LogP contribution in [-0.4, -0.2) is 32.0 Å². The van der Waals surface area contributed by atoms with Gasteiger partial charge >= 0.3 is 0 Å². The Morgan fingerprint density at radius 3 is 2.68 bits per heavy atom. The maximum absolute atomic E-state index is 13.9. The van der Waals surface area contributed by atoms with Gasteiger partial charge in [-0.3, -0.25) is 9.78 Å². The first kappa shape index (κ1) is 24.9. The van der Waals surface area contributed by atoms with Crippen LogP contribution in [0, 0.1) is 12.7 Å². The first-order valence-electron chi connectivity index (χ1n) is 11.9. The zero-order valence-corrected chi connectivity index (χ0v) is 21.6. The van der Waals surface area contributed by atoms with Crippen LogP contribution >= 0.6 is 23.8 Å². The molecule has 9 heteroatoms. The van der Waals surface area contributed by atoms with Gasteiger partial charge in [0.15, 0.2) is 5.11 Å². The minimum absolute atomic E-state index is 0.0446. The number of rotatable bonds is 7. The molecule has 188 valence electrons. The second-order valence-corrected chi connectivity index (χ2v) is 9.68. The topological polar surface area (TPSA) is 62.2 Å². The van der Waals surface area contributed by atoms with Gasteiger partial charge in [0.2, 0.25) is 5.91 Å². The Kier molecular flexibility index (Phi) is 7.21. The van der Waals surface area contributed by atoms with E-state index in [1.807, 2.05) is 77.2 Å². The van der Waals surface area contributed by atoms with Crippen molar-refractivity contribution in [1.82, 2.24) is 19.8 Å². The Bertz CT molecular complexity index is 1430. The van der Waals surface area contributed by atoms with E-state index in [-0.39, 0.29) is 29.4 Å². The molecule has 1 aliphatic rings. The number of nitrogens with zero attached hydrogens (tertiary/aromatic N) is 3. The molecular weight excluding hydrogens is 509 g/mol. The number of carbonyl (C=O) groups is 1. The maximum atomic E-state index is 13.9. The van der Waals surface area contributed by atoms with Gasteiger partial charge in [-0.05, 0) is 73.7 Å². The number of hydrogen-bond donors (Lipinski definition) is 2. The molecule has 2 aromatic heterocycles. The molecule has 0 aliphatic carbocycles. The predicted molar refractivity (Wildman–Crippen MR) is 147 cm³/mol. The number of pyridine rings is 1. The number of aryl methyl sites for hydroxylation is 1. The van der Waals surface area contributed by atoms with Crippen molar-refractivity contribution in [2.75, 3.05) is 11.9 Å². The lowest BCUT2D eigenvalue weighted by Gasteiger charge is -2.29. The highest BCUT2D eigenvalue weighted by Gasteiger charge is 2.41. The molecule has 1 saturated heterocycles. The Morgan fingerprint density at radius 1 is 1.14 bits per heavy atom. The first-order chi connectivity index (χ1) is 17.9. The summed E-state index contributed by atoms with van der Waals surface area (Å²) in [6, 6.07) is 21.4. The largest absolute Gasteiger partial charge is 0.352 e. The average Bonchev–Trinajstić information content (AvgIpc) is 3.50. The highest BCUT2D eigenvalue weighted by atomic mass is 35.5. The molecular formula is C28H25ClFN5OS. The van der Waals surface area contributed by atoms with E-state index < -0.39 is 5.82 Å². The molecule has 4 aromatic rings. The molecule has 1 aliphatic heterocycles. The number of aromatic nitrogens is 2. The van der Waals surface area contributed by atoms with Gasteiger partial charge in [-0.15, -0.1) is 0 Å². The van der Waals surface area contributed by atoms with Gasteiger partial charge in [-0.25, -0.2) is 4.39 Å². The van der Waals surface area contributed by atoms with Crippen LogP contribution in [0.2, 0.25) is 5.02 Å². The third kappa shape index (κ3) is 5.35. The number of benzene rings is 2. The number of carbonyl (C=O) groups excluding carboxylic acids is 1. The van der Waals surface area contributed by atoms with Crippen molar-refractivity contribution in [1.29, 1.82) is 0 Å². The van der Waals surface area contributed by atoms with Crippen molar-refractivity contribution >= 4 is 40.5 Å². The smallest absolute Gasteiger partial charge is 0.226 e. The molecule has 0 radical (unpaired) electrons. The summed E-state index contributed by atoms with van der Waals surface area (Å²) in [7, 11) is 0. The van der Waals surface area contributed by atoms with E-state index >= 15 is 0 Å². The Morgan fingerprint density at radius 2 is 1.95 bits per heavy atom. The SMILES string of the molecule is Cc1ccc(NC(=O)CCN2C(=S)N[C@@H](c3ccccn3)[C@H]2c2cccn2-c2ccc(F)c(Cl)c2)cc1. The van der Waals surface area contributed by atoms with Crippen LogP contribution in [0.5, 0.6) is 0 Å². The van der Waals surface area contributed by atoms with E-state index in [9.17, 15) is 9.18 Å². The number of nitrogens with one attached hydrogen (secondary N) is 2. The summed E-state index contributed by atoms with van der Waals surface area (Å²) in [4.78, 5) is 19.4. The van der Waals surface area contributed by atoms with Gasteiger partial charge in [0.25, 0.3) is 0 Å². The lowest BCUT2D eigenvalue weighted by atomic mass is 10.0. The molecule has 2 N–H and O–H groups in total. The van der Waals surface area contributed by atoms with Gasteiger partial charge < -0.3 is 20.1 Å². The van der Waals surface area contributed by atoms with Crippen LogP contribution in [0.4, 0.5) is 10.1 Å². The minimum Gasteiger partial charge on any atom is -0.352 e. The molecule has 0 spiro atoms. The van der Waals surface area contributed by atoms with Gasteiger partial charge in [0.1, 0.15) is 5.82 Å². The summed E-state index contributed by atoms with van der Waals surface area (Å²) >= 11 is 11.8. The maximum Gasteiger partial charge on any atom is 0.226 e. The number of hydrogen-bond acceptors (Lipinski definition) is 3. The van der Waals surface area contributed by atoms with Crippen LogP contribution in [0.1, 0.15) is 35.5 Å². The number of thiocarbonyl (C=S) groups is 1. The molecule has 0 saturated carbocycles. The Labute approximate surface area is 225 Å². The minimum atomic E-state index is -0.476. The predicted octanol–water partition coefficient (Wildman–Crippen LogP) is 5.97. The van der Waals surface area contributed by atoms with E-state index in [0.717, 1.165) is 28.3 Å². The summed E-state index contributed by atoms with van der Waals surface area (Å²) in [5.74, 6) is -0.581. The summed E-state index contributed by atoms with van der Waals surface area (Å²) in [5, 5.41) is 6.93. The van der Waals surface area contributed by atoms with Crippen molar-refractivity contribution in [3.8, 4) is 5.69 Å². The molecule has 6 nitrogen and oxygen atoms in total. The third-order valence-corrected chi connectivity index (χ3v) is 7.02. The zero-order chi connectivity index (χ0) is 25.9. The normalized spacial score (nSPS) is 17.1. The molecule has 3 heterocycles. The third-order valence-electron chi connectivity index (χ3n) is 6.38. The molecule has 0 unspecified atom stereocenters. The van der Waals surface area contributed by atoms with Crippen molar-refractivity contribution in [2.45, 2.75) is 25.4 Å². The molecule has 37 heavy (non-hydrogen) atoms. The van der Waals surface area contributed by atoms with Crippen LogP contribution in [0.3, 0.4) is 0 Å². The van der Waals surface area contributed by atoms with Gasteiger partial charge in [-0.2, -0.15) is 0 Å². The highest BCUT2D eigenvalue weighted by Crippen LogP contribution is 2.39. The summed E-state index contributed by atoms with van der Waals surface area (Å²) < 4.78 is 15.8. The van der Waals surface area contributed by atoms with Crippen molar-refractivity contribution in [2.24, 2.45) is 0 Å². The second-order valence-electron chi connectivity index (χ2n) is 8.89. The second kappa shape index (κ2) is 10.7. The lowest BCUT2D eigenvalue weighted by Crippen LogP contribution is -2.33. The molecule has 1 fully saturated rings. The van der Waals surface area contributed by atoms with E-state index in [1.54, 1.807) is 18.3 Å². The fourth-order valence-corrected chi connectivity index (χ4v) is 5.06. The Balaban J connectivity index is 1.44. The lowest BCUT2D eigenvalue weighted by molar-refractivity contribution is -0.116. The molecule has 0 bridgehead atoms. The monoisotopic (exact) mass is 533 g/mol. The van der Waals surface area contributed by atoms with Crippen molar-refractivity contribution in [3.05, 3.63) is 113 Å². The summed E-state index contributed by atoms with van der Waals surface area (Å²) in [6.07, 6.45) is 3.88. The van der Waals surface area contributed by atoms with Crippen molar-refractivity contribution < 1.29 is 9.18 Å². The van der Waals surface area contributed by atoms with Gasteiger partial charge in [0, 0.05) is 42.4 Å². The standard InChI is InChI=1S/C28H25ClFN5OS/c1-18-7-9-19(10-8-18)32-25(36)13-16-35-27(26(33-28(35)37)23-5-2-3-14-31-23)24-6-4-15-34(24)20-11-12-22(30)21(29)17-20/h2-12,14-15,17,26-27H,13,16H2,1H3,(H,32,36)(H,33,37)/t26-,27+/m0/s1. The number of halogens is 2. The zero-order valence-electron chi connectivity index (χ0n) is 20.1. The molecule has 2 atom stereocenters. The van der Waals surface area contributed by atoms with Crippen molar-refractivity contribution in [3.63, 3.8) is 0 Å². The first-order valence-corrected chi connectivity index (χ1v) is 12.7. The fraction of sp³-hybridized carbons (Fsp3) is 0.179. The van der Waals surface area contributed by atoms with E-state index in [1.165, 1.54) is 6.07 Å². The molecule has 1 amide bonds. The quantitative estimate of drug-likeness (QED) is 0.286. The van der Waals surface area contributed by atoms with Crippen LogP contribution in [0.15, 0.2) is 85.2 Å². The van der Waals surface area contributed by atoms with Crippen LogP contribution in [0.25, 0.3) is 5.69 Å². The van der Waals surface area contributed by atoms with E-state index in [2.05, 4.69) is 15.6 Å². The van der Waals surface area contributed by atoms with Crippen LogP contribution in [-0.2, 0) is 4.79 Å². The molecule has 5 rings (SSSR count). The van der Waals surface area contributed by atoms with E-state index in [0.29, 0.717) is 11.7 Å². The number of anilines is 1. The summed E-state index contributed by atoms with van der Waals surface area (Å²) in [5.41, 5.74) is 4.33. The van der Waals surface area contributed by atoms with Crippen LogP contribution < -0.4 is 10.6 Å². The summed E-state index contributed by atoms with van der Waals surface area (Å²) in [6.45, 7) is 2.40. The Hall–Kier alpha value is -3.75. The average molecular weight is 534 g/mol. The molecule has 2 aromatic carbocycles. The fourth-order valence-electron chi connectivity index (χ4n) is 4.56.